The van der Waals surface area contributed by atoms with Gasteiger partial charge in [-0.25, -0.2) is 4.98 Å². The smallest absolute Gasteiger partial charge is 0.261 e. The van der Waals surface area contributed by atoms with Crippen molar-refractivity contribution in [2.45, 2.75) is 13.5 Å². The first-order valence-corrected chi connectivity index (χ1v) is 8.09. The molecule has 0 aliphatic rings. The Morgan fingerprint density at radius 1 is 1.18 bits per heavy atom. The lowest BCUT2D eigenvalue weighted by molar-refractivity contribution is 0.326. The summed E-state index contributed by atoms with van der Waals surface area (Å²) < 4.78 is 17.6. The first-order valence-electron chi connectivity index (χ1n) is 6.93. The van der Waals surface area contributed by atoms with Gasteiger partial charge in [0, 0.05) is 12.3 Å². The van der Waals surface area contributed by atoms with Crippen LogP contribution in [0.2, 0.25) is 0 Å². The molecular weight excluding hydrogens is 304 g/mol. The van der Waals surface area contributed by atoms with E-state index in [-0.39, 0.29) is 5.56 Å². The molecule has 120 valence electrons. The summed E-state index contributed by atoms with van der Waals surface area (Å²) in [4.78, 5) is 17.0. The minimum atomic E-state index is -0.110. The number of fused-ring (bicyclic) bond motifs is 1. The highest BCUT2D eigenvalue weighted by Crippen LogP contribution is 2.41. The van der Waals surface area contributed by atoms with Crippen molar-refractivity contribution in [3.63, 3.8) is 0 Å². The van der Waals surface area contributed by atoms with Gasteiger partial charge in [0.15, 0.2) is 11.5 Å². The van der Waals surface area contributed by atoms with Gasteiger partial charge in [0.25, 0.3) is 5.56 Å². The lowest BCUT2D eigenvalue weighted by Gasteiger charge is -2.14. The zero-order valence-electron chi connectivity index (χ0n) is 13.2. The normalized spacial score (nSPS) is 10.7. The maximum Gasteiger partial charge on any atom is 0.261 e. The predicted molar refractivity (Wildman–Crippen MR) is 88.7 cm³/mol. The van der Waals surface area contributed by atoms with E-state index in [1.807, 2.05) is 0 Å². The monoisotopic (exact) mass is 324 g/mol. The number of hydrogen-bond donors (Lipinski definition) is 0. The third-order valence-electron chi connectivity index (χ3n) is 3.30. The Bertz CT molecular complexity index is 715. The third kappa shape index (κ3) is 2.99. The Balaban J connectivity index is 2.61. The standard InChI is InChI=1S/C15H20N2O4S/c1-5-22-7-6-17-9-16-12-10(15(17)18)8-11(19-2)13(20-3)14(12)21-4/h8-9H,5-7H2,1-4H3. The van der Waals surface area contributed by atoms with Gasteiger partial charge in [0.2, 0.25) is 5.75 Å². The van der Waals surface area contributed by atoms with Crippen molar-refractivity contribution >= 4 is 22.7 Å². The van der Waals surface area contributed by atoms with Crippen molar-refractivity contribution in [1.82, 2.24) is 9.55 Å². The van der Waals surface area contributed by atoms with Crippen molar-refractivity contribution in [2.24, 2.45) is 0 Å². The van der Waals surface area contributed by atoms with E-state index >= 15 is 0 Å². The summed E-state index contributed by atoms with van der Waals surface area (Å²) in [5.41, 5.74) is 0.366. The van der Waals surface area contributed by atoms with Crippen molar-refractivity contribution in [3.05, 3.63) is 22.7 Å². The molecule has 0 saturated carbocycles. The topological polar surface area (TPSA) is 62.6 Å². The maximum atomic E-state index is 12.6. The van der Waals surface area contributed by atoms with Gasteiger partial charge < -0.3 is 14.2 Å². The van der Waals surface area contributed by atoms with Crippen LogP contribution in [0.1, 0.15) is 6.92 Å². The lowest BCUT2D eigenvalue weighted by Crippen LogP contribution is -2.22. The molecule has 0 N–H and O–H groups in total. The first-order chi connectivity index (χ1) is 10.7. The van der Waals surface area contributed by atoms with Gasteiger partial charge in [-0.1, -0.05) is 6.92 Å². The summed E-state index contributed by atoms with van der Waals surface area (Å²) in [7, 11) is 4.56. The molecule has 2 rings (SSSR count). The van der Waals surface area contributed by atoms with Crippen molar-refractivity contribution < 1.29 is 14.2 Å². The van der Waals surface area contributed by atoms with E-state index in [0.717, 1.165) is 11.5 Å². The number of aromatic nitrogens is 2. The molecule has 7 heteroatoms. The number of methoxy groups -OCH3 is 3. The van der Waals surface area contributed by atoms with E-state index in [0.29, 0.717) is 34.7 Å². The molecule has 0 amide bonds. The quantitative estimate of drug-likeness (QED) is 0.728. The fourth-order valence-electron chi connectivity index (χ4n) is 2.23. The van der Waals surface area contributed by atoms with E-state index in [1.54, 1.807) is 28.7 Å². The second-order valence-electron chi connectivity index (χ2n) is 4.48. The summed E-state index contributed by atoms with van der Waals surface area (Å²) in [5.74, 6) is 3.18. The number of thioether (sulfide) groups is 1. The molecule has 0 bridgehead atoms. The van der Waals surface area contributed by atoms with Crippen LogP contribution in [0.3, 0.4) is 0 Å². The van der Waals surface area contributed by atoms with E-state index in [1.165, 1.54) is 21.3 Å². The van der Waals surface area contributed by atoms with Gasteiger partial charge in [-0.15, -0.1) is 0 Å². The van der Waals surface area contributed by atoms with Crippen LogP contribution < -0.4 is 19.8 Å². The molecule has 1 aromatic carbocycles. The predicted octanol–water partition coefficient (Wildman–Crippen LogP) is 2.18. The summed E-state index contributed by atoms with van der Waals surface area (Å²) in [5, 5.41) is 0.457. The number of benzene rings is 1. The van der Waals surface area contributed by atoms with Crippen LogP contribution in [-0.4, -0.2) is 42.4 Å². The molecule has 0 unspecified atom stereocenters. The van der Waals surface area contributed by atoms with Gasteiger partial charge in [0.1, 0.15) is 5.52 Å². The highest BCUT2D eigenvalue weighted by molar-refractivity contribution is 7.99. The molecular formula is C15H20N2O4S. The Labute approximate surface area is 133 Å². The zero-order valence-corrected chi connectivity index (χ0v) is 14.0. The number of nitrogens with zero attached hydrogens (tertiary/aromatic N) is 2. The molecule has 1 aromatic heterocycles. The summed E-state index contributed by atoms with van der Waals surface area (Å²) in [6, 6.07) is 1.65. The number of rotatable bonds is 7. The largest absolute Gasteiger partial charge is 0.493 e. The van der Waals surface area contributed by atoms with Crippen LogP contribution in [0.15, 0.2) is 17.2 Å². The SMILES string of the molecule is CCSCCn1cnc2c(OC)c(OC)c(OC)cc2c1=O. The Hall–Kier alpha value is -1.89. The molecule has 0 radical (unpaired) electrons. The van der Waals surface area contributed by atoms with E-state index in [9.17, 15) is 4.79 Å². The highest BCUT2D eigenvalue weighted by atomic mass is 32.2. The van der Waals surface area contributed by atoms with Crippen molar-refractivity contribution in [1.29, 1.82) is 0 Å². The molecule has 1 heterocycles. The van der Waals surface area contributed by atoms with E-state index in [4.69, 9.17) is 14.2 Å². The number of hydrogen-bond acceptors (Lipinski definition) is 6. The fraction of sp³-hybridized carbons (Fsp3) is 0.467. The van der Waals surface area contributed by atoms with Crippen molar-refractivity contribution in [2.75, 3.05) is 32.8 Å². The summed E-state index contributed by atoms with van der Waals surface area (Å²) in [6.45, 7) is 2.71. The van der Waals surface area contributed by atoms with Crippen LogP contribution >= 0.6 is 11.8 Å². The molecule has 6 nitrogen and oxygen atoms in total. The number of aryl methyl sites for hydroxylation is 1. The molecule has 22 heavy (non-hydrogen) atoms. The van der Waals surface area contributed by atoms with Gasteiger partial charge in [-0.2, -0.15) is 11.8 Å². The minimum Gasteiger partial charge on any atom is -0.493 e. The average Bonchev–Trinajstić information content (AvgIpc) is 2.55. The van der Waals surface area contributed by atoms with E-state index < -0.39 is 0 Å². The zero-order chi connectivity index (χ0) is 16.1. The molecule has 0 atom stereocenters. The van der Waals surface area contributed by atoms with Gasteiger partial charge in [0.05, 0.1) is 33.0 Å². The van der Waals surface area contributed by atoms with Crippen LogP contribution in [0.5, 0.6) is 17.2 Å². The van der Waals surface area contributed by atoms with Gasteiger partial charge in [-0.3, -0.25) is 9.36 Å². The number of ether oxygens (including phenoxy) is 3. The van der Waals surface area contributed by atoms with Crippen LogP contribution in [0, 0.1) is 0 Å². The molecule has 0 aliphatic heterocycles. The van der Waals surface area contributed by atoms with Crippen LogP contribution in [0.25, 0.3) is 10.9 Å². The molecule has 0 spiro atoms. The maximum absolute atomic E-state index is 12.6. The fourth-order valence-corrected chi connectivity index (χ4v) is 2.85. The Kier molecular flexibility index (Phi) is 5.54. The third-order valence-corrected chi connectivity index (χ3v) is 4.18. The Morgan fingerprint density at radius 2 is 1.91 bits per heavy atom. The Morgan fingerprint density at radius 3 is 2.50 bits per heavy atom. The molecule has 0 saturated heterocycles. The molecule has 0 fully saturated rings. The van der Waals surface area contributed by atoms with Crippen LogP contribution in [0.4, 0.5) is 0 Å². The first kappa shape index (κ1) is 16.5. The summed E-state index contributed by atoms with van der Waals surface area (Å²) >= 11 is 1.78. The van der Waals surface area contributed by atoms with Crippen molar-refractivity contribution in [3.8, 4) is 17.2 Å². The van der Waals surface area contributed by atoms with Crippen LogP contribution in [-0.2, 0) is 6.54 Å². The molecule has 2 aromatic rings. The lowest BCUT2D eigenvalue weighted by atomic mass is 10.2. The van der Waals surface area contributed by atoms with E-state index in [2.05, 4.69) is 11.9 Å². The molecule has 0 aliphatic carbocycles. The van der Waals surface area contributed by atoms with Gasteiger partial charge >= 0.3 is 0 Å². The summed E-state index contributed by atoms with van der Waals surface area (Å²) in [6.07, 6.45) is 1.55. The highest BCUT2D eigenvalue weighted by Gasteiger charge is 2.19. The van der Waals surface area contributed by atoms with Gasteiger partial charge in [-0.05, 0) is 11.8 Å². The second kappa shape index (κ2) is 7.40. The second-order valence-corrected chi connectivity index (χ2v) is 5.88. The minimum absolute atomic E-state index is 0.110. The average molecular weight is 324 g/mol.